The van der Waals surface area contributed by atoms with Gasteiger partial charge in [0.15, 0.2) is 11.5 Å². The minimum absolute atomic E-state index is 0.0396. The molecule has 1 aromatic rings. The quantitative estimate of drug-likeness (QED) is 0.819. The second-order valence-electron chi connectivity index (χ2n) is 3.70. The van der Waals surface area contributed by atoms with E-state index >= 15 is 0 Å². The highest BCUT2D eigenvalue weighted by Crippen LogP contribution is 2.36. The first-order valence-electron chi connectivity index (χ1n) is 5.42. The molecule has 17 heavy (non-hydrogen) atoms. The first kappa shape index (κ1) is 14.1. The zero-order valence-corrected chi connectivity index (χ0v) is 11.8. The molecule has 0 saturated carbocycles. The Morgan fingerprint density at radius 3 is 2.47 bits per heavy atom. The lowest BCUT2D eigenvalue weighted by molar-refractivity contribution is 0.354. The molecule has 3 nitrogen and oxygen atoms in total. The molecule has 0 aliphatic rings. The van der Waals surface area contributed by atoms with E-state index in [1.165, 1.54) is 0 Å². The number of benzene rings is 1. The molecule has 0 aliphatic carbocycles. The van der Waals surface area contributed by atoms with E-state index in [0.717, 1.165) is 22.9 Å². The predicted molar refractivity (Wildman–Crippen MR) is 73.6 cm³/mol. The van der Waals surface area contributed by atoms with Crippen molar-refractivity contribution in [3.8, 4) is 11.5 Å². The van der Waals surface area contributed by atoms with E-state index in [9.17, 15) is 0 Å². The number of halogens is 1. The van der Waals surface area contributed by atoms with Crippen molar-refractivity contribution in [2.45, 2.75) is 18.9 Å². The molecule has 0 unspecified atom stereocenters. The van der Waals surface area contributed by atoms with Gasteiger partial charge in [-0.2, -0.15) is 0 Å². The van der Waals surface area contributed by atoms with Crippen LogP contribution in [-0.4, -0.2) is 14.2 Å². The van der Waals surface area contributed by atoms with Crippen LogP contribution in [-0.2, 0) is 0 Å². The Labute approximate surface area is 111 Å². The van der Waals surface area contributed by atoms with Crippen LogP contribution in [0.25, 0.3) is 0 Å². The van der Waals surface area contributed by atoms with E-state index in [2.05, 4.69) is 22.5 Å². The summed E-state index contributed by atoms with van der Waals surface area (Å²) < 4.78 is 11.4. The molecular weight excluding hydrogens is 282 g/mol. The smallest absolute Gasteiger partial charge is 0.161 e. The van der Waals surface area contributed by atoms with E-state index in [4.69, 9.17) is 15.2 Å². The van der Waals surface area contributed by atoms with E-state index in [-0.39, 0.29) is 6.04 Å². The maximum Gasteiger partial charge on any atom is 0.161 e. The van der Waals surface area contributed by atoms with Gasteiger partial charge in [-0.25, -0.2) is 0 Å². The largest absolute Gasteiger partial charge is 0.493 e. The molecule has 0 amide bonds. The van der Waals surface area contributed by atoms with Gasteiger partial charge in [0.25, 0.3) is 0 Å². The van der Waals surface area contributed by atoms with Crippen molar-refractivity contribution in [1.29, 1.82) is 0 Å². The minimum Gasteiger partial charge on any atom is -0.493 e. The van der Waals surface area contributed by atoms with Gasteiger partial charge in [-0.1, -0.05) is 22.0 Å². The number of allylic oxidation sites excluding steroid dienone is 1. The van der Waals surface area contributed by atoms with Gasteiger partial charge in [0.05, 0.1) is 14.2 Å². The lowest BCUT2D eigenvalue weighted by Crippen LogP contribution is -2.11. The zero-order chi connectivity index (χ0) is 12.8. The fraction of sp³-hybridized carbons (Fsp3) is 0.385. The highest BCUT2D eigenvalue weighted by atomic mass is 79.9. The second-order valence-corrected chi connectivity index (χ2v) is 4.56. The van der Waals surface area contributed by atoms with Crippen molar-refractivity contribution in [3.63, 3.8) is 0 Å². The molecule has 0 aliphatic heterocycles. The molecule has 4 heteroatoms. The molecule has 0 heterocycles. The van der Waals surface area contributed by atoms with Gasteiger partial charge in [0.1, 0.15) is 0 Å². The van der Waals surface area contributed by atoms with E-state index < -0.39 is 0 Å². The average molecular weight is 300 g/mol. The summed E-state index contributed by atoms with van der Waals surface area (Å²) in [7, 11) is 3.23. The number of ether oxygens (including phenoxy) is 2. The van der Waals surface area contributed by atoms with Gasteiger partial charge >= 0.3 is 0 Å². The third-order valence-corrected chi connectivity index (χ3v) is 3.27. The molecule has 2 N–H and O–H groups in total. The summed E-state index contributed by atoms with van der Waals surface area (Å²) in [5.74, 6) is 1.39. The number of hydrogen-bond donors (Lipinski definition) is 1. The molecule has 0 fully saturated rings. The molecule has 1 atom stereocenters. The van der Waals surface area contributed by atoms with E-state index in [1.807, 2.05) is 18.2 Å². The summed E-state index contributed by atoms with van der Waals surface area (Å²) >= 11 is 3.50. The summed E-state index contributed by atoms with van der Waals surface area (Å²) in [4.78, 5) is 0. The van der Waals surface area contributed by atoms with Crippen LogP contribution in [0.15, 0.2) is 29.3 Å². The van der Waals surface area contributed by atoms with Crippen molar-refractivity contribution in [1.82, 2.24) is 0 Å². The summed E-state index contributed by atoms with van der Waals surface area (Å²) in [5.41, 5.74) is 7.14. The van der Waals surface area contributed by atoms with Crippen LogP contribution in [0.4, 0.5) is 0 Å². The van der Waals surface area contributed by atoms with Crippen molar-refractivity contribution in [3.05, 3.63) is 34.8 Å². The average Bonchev–Trinajstić information content (AvgIpc) is 2.35. The molecule has 94 valence electrons. The van der Waals surface area contributed by atoms with Crippen LogP contribution in [0.1, 0.15) is 24.4 Å². The number of hydrogen-bond acceptors (Lipinski definition) is 3. The molecule has 1 aromatic carbocycles. The standard InChI is InChI=1S/C13H18BrNO2/c1-4-5-6-11(15)9-7-12(16-2)13(17-3)8-10(9)14/h4,7-8,11H,1,5-6,15H2,2-3H3/t11-/m0/s1. The van der Waals surface area contributed by atoms with Gasteiger partial charge in [0.2, 0.25) is 0 Å². The number of nitrogens with two attached hydrogens (primary N) is 1. The molecule has 0 saturated heterocycles. The third kappa shape index (κ3) is 3.48. The van der Waals surface area contributed by atoms with Crippen LogP contribution in [0.5, 0.6) is 11.5 Å². The highest BCUT2D eigenvalue weighted by Gasteiger charge is 2.14. The Morgan fingerprint density at radius 2 is 1.94 bits per heavy atom. The van der Waals surface area contributed by atoms with Crippen LogP contribution in [0, 0.1) is 0 Å². The van der Waals surface area contributed by atoms with Crippen molar-refractivity contribution in [2.75, 3.05) is 14.2 Å². The van der Waals surface area contributed by atoms with Gasteiger partial charge in [-0.05, 0) is 30.5 Å². The lowest BCUT2D eigenvalue weighted by Gasteiger charge is -2.16. The fourth-order valence-corrected chi connectivity index (χ4v) is 2.22. The lowest BCUT2D eigenvalue weighted by atomic mass is 10.0. The molecule has 0 aromatic heterocycles. The summed E-state index contributed by atoms with van der Waals surface area (Å²) in [6, 6.07) is 3.75. The number of methoxy groups -OCH3 is 2. The fourth-order valence-electron chi connectivity index (χ4n) is 1.61. The molecule has 0 radical (unpaired) electrons. The van der Waals surface area contributed by atoms with Crippen LogP contribution in [0.3, 0.4) is 0 Å². The van der Waals surface area contributed by atoms with E-state index in [0.29, 0.717) is 11.5 Å². The monoisotopic (exact) mass is 299 g/mol. The Balaban J connectivity index is 3.03. The maximum absolute atomic E-state index is 6.12. The Kier molecular flexibility index (Phi) is 5.51. The topological polar surface area (TPSA) is 44.5 Å². The first-order chi connectivity index (χ1) is 8.13. The summed E-state index contributed by atoms with van der Waals surface area (Å²) in [6.45, 7) is 3.70. The molecule has 0 spiro atoms. The molecule has 0 bridgehead atoms. The Hall–Kier alpha value is -1.00. The zero-order valence-electron chi connectivity index (χ0n) is 10.2. The van der Waals surface area contributed by atoms with Gasteiger partial charge in [0, 0.05) is 10.5 Å². The highest BCUT2D eigenvalue weighted by molar-refractivity contribution is 9.10. The Morgan fingerprint density at radius 1 is 1.35 bits per heavy atom. The summed E-state index contributed by atoms with van der Waals surface area (Å²) in [6.07, 6.45) is 3.62. The maximum atomic E-state index is 6.12. The molecule has 1 rings (SSSR count). The second kappa shape index (κ2) is 6.67. The first-order valence-corrected chi connectivity index (χ1v) is 6.21. The van der Waals surface area contributed by atoms with Crippen LogP contribution < -0.4 is 15.2 Å². The van der Waals surface area contributed by atoms with E-state index in [1.54, 1.807) is 14.2 Å². The van der Waals surface area contributed by atoms with Gasteiger partial charge < -0.3 is 15.2 Å². The van der Waals surface area contributed by atoms with Crippen LogP contribution >= 0.6 is 15.9 Å². The van der Waals surface area contributed by atoms with Crippen molar-refractivity contribution < 1.29 is 9.47 Å². The van der Waals surface area contributed by atoms with Crippen molar-refractivity contribution in [2.24, 2.45) is 5.73 Å². The third-order valence-electron chi connectivity index (χ3n) is 2.58. The summed E-state index contributed by atoms with van der Waals surface area (Å²) in [5, 5.41) is 0. The number of rotatable bonds is 6. The van der Waals surface area contributed by atoms with Gasteiger partial charge in [-0.3, -0.25) is 0 Å². The SMILES string of the molecule is C=CCC[C@H](N)c1cc(OC)c(OC)cc1Br. The molecular formula is C13H18BrNO2. The normalized spacial score (nSPS) is 12.0. The van der Waals surface area contributed by atoms with Crippen molar-refractivity contribution >= 4 is 15.9 Å². The van der Waals surface area contributed by atoms with Crippen LogP contribution in [0.2, 0.25) is 0 Å². The predicted octanol–water partition coefficient (Wildman–Crippen LogP) is 3.43. The Bertz CT molecular complexity index is 393. The minimum atomic E-state index is -0.0396. The van der Waals surface area contributed by atoms with Gasteiger partial charge in [-0.15, -0.1) is 6.58 Å².